The van der Waals surface area contributed by atoms with E-state index in [1.807, 2.05) is 0 Å². The molecule has 1 heterocycles. The topological polar surface area (TPSA) is 77.2 Å². The van der Waals surface area contributed by atoms with Crippen molar-refractivity contribution in [3.63, 3.8) is 0 Å². The quantitative estimate of drug-likeness (QED) is 0.733. The van der Waals surface area contributed by atoms with Crippen molar-refractivity contribution in [3.8, 4) is 17.0 Å². The molecule has 27 heavy (non-hydrogen) atoms. The molecule has 0 saturated carbocycles. The number of carboxylic acid groups (broad SMARTS) is 1. The average molecular weight is 377 g/mol. The minimum Gasteiger partial charge on any atom is -0.497 e. The lowest BCUT2D eigenvalue weighted by Gasteiger charge is -2.11. The molecule has 2 aromatic carbocycles. The lowest BCUT2D eigenvalue weighted by atomic mass is 10.1. The fourth-order valence-electron chi connectivity index (χ4n) is 2.64. The molecule has 0 atom stereocenters. The summed E-state index contributed by atoms with van der Waals surface area (Å²) >= 11 is 0. The number of carboxylic acids is 1. The van der Waals surface area contributed by atoms with Gasteiger partial charge in [-0.3, -0.25) is 0 Å². The monoisotopic (exact) mass is 377 g/mol. The summed E-state index contributed by atoms with van der Waals surface area (Å²) in [5.74, 6) is -0.793. The van der Waals surface area contributed by atoms with E-state index in [1.165, 1.54) is 23.9 Å². The minimum absolute atomic E-state index is 0.0727. The van der Waals surface area contributed by atoms with Crippen molar-refractivity contribution in [2.75, 3.05) is 7.11 Å². The van der Waals surface area contributed by atoms with Crippen LogP contribution in [0.4, 0.5) is 13.2 Å². The van der Waals surface area contributed by atoms with Crippen LogP contribution in [0.15, 0.2) is 48.5 Å². The highest BCUT2D eigenvalue weighted by atomic mass is 19.4. The van der Waals surface area contributed by atoms with Crippen LogP contribution in [0.1, 0.15) is 21.6 Å². The number of nitrogens with zero attached hydrogens (tertiary/aromatic N) is 3. The van der Waals surface area contributed by atoms with Crippen molar-refractivity contribution < 1.29 is 27.8 Å². The molecule has 0 fully saturated rings. The minimum atomic E-state index is -4.47. The van der Waals surface area contributed by atoms with Gasteiger partial charge in [-0.25, -0.2) is 9.48 Å². The largest absolute Gasteiger partial charge is 0.497 e. The average Bonchev–Trinajstić information content (AvgIpc) is 3.05. The van der Waals surface area contributed by atoms with Crippen LogP contribution >= 0.6 is 0 Å². The molecule has 0 bridgehead atoms. The smallest absolute Gasteiger partial charge is 0.416 e. The third-order valence-electron chi connectivity index (χ3n) is 3.87. The van der Waals surface area contributed by atoms with Crippen molar-refractivity contribution in [1.29, 1.82) is 0 Å². The first-order valence-corrected chi connectivity index (χ1v) is 7.77. The molecule has 3 aromatic rings. The summed E-state index contributed by atoms with van der Waals surface area (Å²) in [4.78, 5) is 11.5. The second-order valence-corrected chi connectivity index (χ2v) is 5.68. The number of halogens is 3. The van der Waals surface area contributed by atoms with E-state index < -0.39 is 17.7 Å². The lowest BCUT2D eigenvalue weighted by Crippen LogP contribution is -2.09. The van der Waals surface area contributed by atoms with Gasteiger partial charge in [0.1, 0.15) is 11.4 Å². The Labute approximate surface area is 151 Å². The maximum Gasteiger partial charge on any atom is 0.416 e. The number of aromatic carboxylic acids is 1. The molecule has 1 aromatic heterocycles. The standard InChI is InChI=1S/C18H14F3N3O3/c1-27-14-7-3-5-12(9-14)16-15(17(25)26)22-23-24(16)10-11-4-2-6-13(8-11)18(19,20)21/h2-9H,10H2,1H3,(H,25,26). The van der Waals surface area contributed by atoms with E-state index in [9.17, 15) is 23.1 Å². The zero-order valence-corrected chi connectivity index (χ0v) is 14.1. The predicted molar refractivity (Wildman–Crippen MR) is 89.5 cm³/mol. The molecule has 0 amide bonds. The van der Waals surface area contributed by atoms with Gasteiger partial charge in [-0.05, 0) is 29.8 Å². The van der Waals surface area contributed by atoms with Gasteiger partial charge in [-0.1, -0.05) is 29.5 Å². The Kier molecular flexibility index (Phi) is 4.85. The Morgan fingerprint density at radius 1 is 1.19 bits per heavy atom. The van der Waals surface area contributed by atoms with Crippen LogP contribution in [0.3, 0.4) is 0 Å². The normalized spacial score (nSPS) is 11.4. The van der Waals surface area contributed by atoms with E-state index in [4.69, 9.17) is 4.74 Å². The molecular formula is C18H14F3N3O3. The van der Waals surface area contributed by atoms with Crippen LogP contribution in [0.5, 0.6) is 5.75 Å². The molecule has 3 rings (SSSR count). The van der Waals surface area contributed by atoms with Crippen molar-refractivity contribution in [3.05, 3.63) is 65.4 Å². The van der Waals surface area contributed by atoms with E-state index in [0.29, 0.717) is 16.9 Å². The first kappa shape index (κ1) is 18.4. The van der Waals surface area contributed by atoms with Gasteiger partial charge >= 0.3 is 12.1 Å². The zero-order chi connectivity index (χ0) is 19.6. The first-order valence-electron chi connectivity index (χ1n) is 7.77. The maximum absolute atomic E-state index is 12.9. The Hall–Kier alpha value is -3.36. The van der Waals surface area contributed by atoms with Gasteiger partial charge in [-0.15, -0.1) is 5.10 Å². The third-order valence-corrected chi connectivity index (χ3v) is 3.87. The van der Waals surface area contributed by atoms with Crippen LogP contribution in [-0.2, 0) is 12.7 Å². The highest BCUT2D eigenvalue weighted by molar-refractivity contribution is 5.92. The summed E-state index contributed by atoms with van der Waals surface area (Å²) < 4.78 is 45.2. The van der Waals surface area contributed by atoms with Crippen molar-refractivity contribution in [2.24, 2.45) is 0 Å². The molecule has 140 valence electrons. The number of methoxy groups -OCH3 is 1. The van der Waals surface area contributed by atoms with E-state index in [0.717, 1.165) is 12.1 Å². The van der Waals surface area contributed by atoms with Crippen LogP contribution in [0.25, 0.3) is 11.3 Å². The SMILES string of the molecule is COc1cccc(-c2c(C(=O)O)nnn2Cc2cccc(C(F)(F)F)c2)c1. The second kappa shape index (κ2) is 7.10. The Morgan fingerprint density at radius 2 is 1.93 bits per heavy atom. The summed E-state index contributed by atoms with van der Waals surface area (Å²) in [5, 5.41) is 16.9. The van der Waals surface area contributed by atoms with Gasteiger partial charge < -0.3 is 9.84 Å². The van der Waals surface area contributed by atoms with E-state index in [-0.39, 0.29) is 17.9 Å². The summed E-state index contributed by atoms with van der Waals surface area (Å²) in [6.07, 6.45) is -4.47. The van der Waals surface area contributed by atoms with E-state index in [2.05, 4.69) is 10.3 Å². The lowest BCUT2D eigenvalue weighted by molar-refractivity contribution is -0.137. The molecule has 1 N–H and O–H groups in total. The molecule has 6 nitrogen and oxygen atoms in total. The number of aromatic nitrogens is 3. The highest BCUT2D eigenvalue weighted by Gasteiger charge is 2.30. The Morgan fingerprint density at radius 3 is 2.59 bits per heavy atom. The van der Waals surface area contributed by atoms with Gasteiger partial charge in [0.15, 0.2) is 5.69 Å². The number of hydrogen-bond donors (Lipinski definition) is 1. The number of ether oxygens (including phenoxy) is 1. The van der Waals surface area contributed by atoms with Gasteiger partial charge in [0, 0.05) is 5.56 Å². The molecule has 0 spiro atoms. The summed E-state index contributed by atoms with van der Waals surface area (Å²) in [5.41, 5.74) is -0.116. The summed E-state index contributed by atoms with van der Waals surface area (Å²) in [7, 11) is 1.47. The fraction of sp³-hybridized carbons (Fsp3) is 0.167. The summed E-state index contributed by atoms with van der Waals surface area (Å²) in [6.45, 7) is -0.0727. The highest BCUT2D eigenvalue weighted by Crippen LogP contribution is 2.30. The summed E-state index contributed by atoms with van der Waals surface area (Å²) in [6, 6.07) is 11.4. The zero-order valence-electron chi connectivity index (χ0n) is 14.1. The number of hydrogen-bond acceptors (Lipinski definition) is 4. The van der Waals surface area contributed by atoms with Crippen LogP contribution in [0, 0.1) is 0 Å². The van der Waals surface area contributed by atoms with Crippen LogP contribution < -0.4 is 4.74 Å². The first-order chi connectivity index (χ1) is 12.8. The fourth-order valence-corrected chi connectivity index (χ4v) is 2.64. The molecule has 0 saturated heterocycles. The number of alkyl halides is 3. The maximum atomic E-state index is 12.9. The van der Waals surface area contributed by atoms with Gasteiger partial charge in [0.2, 0.25) is 0 Å². The second-order valence-electron chi connectivity index (χ2n) is 5.68. The Bertz CT molecular complexity index is 983. The third kappa shape index (κ3) is 3.91. The molecule has 9 heteroatoms. The molecule has 0 aliphatic carbocycles. The van der Waals surface area contributed by atoms with Gasteiger partial charge in [0.05, 0.1) is 19.2 Å². The predicted octanol–water partition coefficient (Wildman–Crippen LogP) is 3.72. The number of rotatable bonds is 5. The van der Waals surface area contributed by atoms with Crippen LogP contribution in [0.2, 0.25) is 0 Å². The molecule has 0 aliphatic heterocycles. The van der Waals surface area contributed by atoms with Gasteiger partial charge in [-0.2, -0.15) is 13.2 Å². The molecule has 0 radical (unpaired) electrons. The van der Waals surface area contributed by atoms with Crippen molar-refractivity contribution in [2.45, 2.75) is 12.7 Å². The number of benzene rings is 2. The Balaban J connectivity index is 2.06. The van der Waals surface area contributed by atoms with Crippen molar-refractivity contribution in [1.82, 2.24) is 15.0 Å². The van der Waals surface area contributed by atoms with Crippen LogP contribution in [-0.4, -0.2) is 33.2 Å². The van der Waals surface area contributed by atoms with E-state index in [1.54, 1.807) is 24.3 Å². The van der Waals surface area contributed by atoms with Crippen molar-refractivity contribution >= 4 is 5.97 Å². The number of carbonyl (C=O) groups is 1. The molecule has 0 unspecified atom stereocenters. The van der Waals surface area contributed by atoms with Gasteiger partial charge in [0.25, 0.3) is 0 Å². The molecule has 0 aliphatic rings. The van der Waals surface area contributed by atoms with E-state index >= 15 is 0 Å². The molecular weight excluding hydrogens is 363 g/mol.